The largest absolute Gasteiger partial charge is 0.377 e. The molecule has 0 unspecified atom stereocenters. The van der Waals surface area contributed by atoms with E-state index in [0.717, 1.165) is 5.69 Å². The highest BCUT2D eigenvalue weighted by Crippen LogP contribution is 2.07. The summed E-state index contributed by atoms with van der Waals surface area (Å²) in [6.45, 7) is 7.14. The molecule has 0 spiro atoms. The van der Waals surface area contributed by atoms with E-state index in [-0.39, 0.29) is 17.4 Å². The number of rotatable bonds is 14. The monoisotopic (exact) mass is 433 g/mol. The fourth-order valence-electron chi connectivity index (χ4n) is 2.66. The first-order chi connectivity index (χ1) is 13.9. The lowest BCUT2D eigenvalue weighted by atomic mass is 10.4. The van der Waals surface area contributed by atoms with Gasteiger partial charge in [0, 0.05) is 39.3 Å². The molecule has 166 valence electrons. The van der Waals surface area contributed by atoms with Crippen molar-refractivity contribution in [2.75, 3.05) is 70.8 Å². The van der Waals surface area contributed by atoms with E-state index in [1.807, 2.05) is 6.20 Å². The van der Waals surface area contributed by atoms with Gasteiger partial charge in [0.1, 0.15) is 0 Å². The van der Waals surface area contributed by atoms with Gasteiger partial charge < -0.3 is 19.5 Å². The Labute approximate surface area is 171 Å². The van der Waals surface area contributed by atoms with Gasteiger partial charge in [-0.15, -0.1) is 5.10 Å². The lowest BCUT2D eigenvalue weighted by Gasteiger charge is -2.25. The van der Waals surface area contributed by atoms with Crippen molar-refractivity contribution in [3.05, 3.63) is 11.9 Å². The third-order valence-electron chi connectivity index (χ3n) is 4.24. The Morgan fingerprint density at radius 3 is 2.34 bits per heavy atom. The zero-order chi connectivity index (χ0) is 21.0. The zero-order valence-corrected chi connectivity index (χ0v) is 17.7. The fraction of sp³-hybridized carbons (Fsp3) is 0.824. The van der Waals surface area contributed by atoms with Crippen LogP contribution in [0.2, 0.25) is 0 Å². The molecule has 0 atom stereocenters. The van der Waals surface area contributed by atoms with Crippen molar-refractivity contribution >= 4 is 15.7 Å². The quantitative estimate of drug-likeness (QED) is 0.356. The van der Waals surface area contributed by atoms with Crippen molar-refractivity contribution < 1.29 is 27.4 Å². The maximum absolute atomic E-state index is 11.5. The number of hydrogen-bond acceptors (Lipinski definition) is 9. The third kappa shape index (κ3) is 10.7. The summed E-state index contributed by atoms with van der Waals surface area (Å²) in [5, 5.41) is 10.9. The molecule has 0 aromatic carbocycles. The van der Waals surface area contributed by atoms with Crippen LogP contribution in [0.1, 0.15) is 12.6 Å². The minimum atomic E-state index is -2.87. The Kier molecular flexibility index (Phi) is 10.5. The smallest absolute Gasteiger partial charge is 0.216 e. The van der Waals surface area contributed by atoms with Crippen molar-refractivity contribution in [3.63, 3.8) is 0 Å². The van der Waals surface area contributed by atoms with E-state index in [2.05, 4.69) is 20.5 Å². The Bertz CT molecular complexity index is 697. The molecule has 1 aromatic heterocycles. The number of nitrogens with one attached hydrogen (secondary N) is 1. The molecular weight excluding hydrogens is 402 g/mol. The number of aromatic nitrogens is 3. The highest BCUT2D eigenvalue weighted by atomic mass is 32.2. The zero-order valence-electron chi connectivity index (χ0n) is 16.9. The number of carbonyl (C=O) groups is 1. The van der Waals surface area contributed by atoms with E-state index in [9.17, 15) is 13.2 Å². The predicted octanol–water partition coefficient (Wildman–Crippen LogP) is -1.31. The van der Waals surface area contributed by atoms with Crippen LogP contribution >= 0.6 is 0 Å². The highest BCUT2D eigenvalue weighted by molar-refractivity contribution is 7.91. The van der Waals surface area contributed by atoms with Gasteiger partial charge in [-0.05, 0) is 0 Å². The van der Waals surface area contributed by atoms with E-state index in [4.69, 9.17) is 14.2 Å². The molecule has 1 fully saturated rings. The molecule has 12 heteroatoms. The van der Waals surface area contributed by atoms with Crippen LogP contribution in [0.25, 0.3) is 0 Å². The number of sulfone groups is 1. The highest BCUT2D eigenvalue weighted by Gasteiger charge is 2.22. The van der Waals surface area contributed by atoms with Gasteiger partial charge in [0.15, 0.2) is 9.84 Å². The molecule has 1 aliphatic rings. The molecule has 1 amide bonds. The summed E-state index contributed by atoms with van der Waals surface area (Å²) in [5.41, 5.74) is 0.825. The minimum Gasteiger partial charge on any atom is -0.377 e. The molecule has 29 heavy (non-hydrogen) atoms. The number of ether oxygens (including phenoxy) is 3. The normalized spacial score (nSPS) is 16.7. The molecule has 0 saturated carbocycles. The molecule has 1 N–H and O–H groups in total. The molecule has 0 bridgehead atoms. The van der Waals surface area contributed by atoms with Crippen molar-refractivity contribution in [3.8, 4) is 0 Å². The summed E-state index contributed by atoms with van der Waals surface area (Å²) in [7, 11) is -2.87. The van der Waals surface area contributed by atoms with Crippen LogP contribution in [0.15, 0.2) is 6.20 Å². The lowest BCUT2D eigenvalue weighted by Crippen LogP contribution is -2.39. The van der Waals surface area contributed by atoms with Gasteiger partial charge in [-0.3, -0.25) is 9.69 Å². The van der Waals surface area contributed by atoms with E-state index < -0.39 is 9.84 Å². The molecule has 2 rings (SSSR count). The first-order valence-electron chi connectivity index (χ1n) is 9.74. The number of nitrogens with zero attached hydrogens (tertiary/aromatic N) is 4. The molecule has 11 nitrogen and oxygen atoms in total. The van der Waals surface area contributed by atoms with Gasteiger partial charge in [-0.2, -0.15) is 0 Å². The molecule has 1 aromatic rings. The van der Waals surface area contributed by atoms with Crippen molar-refractivity contribution in [1.29, 1.82) is 0 Å². The Hall–Kier alpha value is -1.60. The maximum Gasteiger partial charge on any atom is 0.216 e. The SMILES string of the molecule is CC(=O)NCCOCCOCCOCCn1cc(CN2CCS(=O)(=O)CC2)nn1. The Morgan fingerprint density at radius 2 is 1.69 bits per heavy atom. The first-order valence-corrected chi connectivity index (χ1v) is 11.6. The predicted molar refractivity (Wildman–Crippen MR) is 105 cm³/mol. The molecule has 0 aliphatic carbocycles. The minimum absolute atomic E-state index is 0.0660. The summed E-state index contributed by atoms with van der Waals surface area (Å²) in [6.07, 6.45) is 1.86. The Balaban J connectivity index is 1.44. The van der Waals surface area contributed by atoms with Gasteiger partial charge >= 0.3 is 0 Å². The van der Waals surface area contributed by atoms with Crippen molar-refractivity contribution in [2.24, 2.45) is 0 Å². The van der Waals surface area contributed by atoms with Gasteiger partial charge in [0.2, 0.25) is 5.91 Å². The summed E-state index contributed by atoms with van der Waals surface area (Å²) >= 11 is 0. The topological polar surface area (TPSA) is 125 Å². The summed E-state index contributed by atoms with van der Waals surface area (Å²) in [5.74, 6) is 0.351. The number of amides is 1. The average molecular weight is 434 g/mol. The average Bonchev–Trinajstić information content (AvgIpc) is 3.11. The van der Waals surface area contributed by atoms with Crippen LogP contribution in [0.3, 0.4) is 0 Å². The van der Waals surface area contributed by atoms with Crippen molar-refractivity contribution in [1.82, 2.24) is 25.2 Å². The summed E-state index contributed by atoms with van der Waals surface area (Å²) in [6, 6.07) is 0. The standard InChI is InChI=1S/C17H31N5O6S/c1-16(23)18-2-6-26-8-10-28-11-9-27-7-3-22-15-17(19-20-22)14-21-4-12-29(24,25)13-5-21/h15H,2-14H2,1H3,(H,18,23). The van der Waals surface area contributed by atoms with E-state index in [1.54, 1.807) is 4.68 Å². The fourth-order valence-corrected chi connectivity index (χ4v) is 3.93. The summed E-state index contributed by atoms with van der Waals surface area (Å²) in [4.78, 5) is 12.7. The van der Waals surface area contributed by atoms with Gasteiger partial charge in [-0.25, -0.2) is 13.1 Å². The van der Waals surface area contributed by atoms with Crippen LogP contribution in [0.5, 0.6) is 0 Å². The molecule has 1 aliphatic heterocycles. The maximum atomic E-state index is 11.5. The van der Waals surface area contributed by atoms with Gasteiger partial charge in [-0.1, -0.05) is 5.21 Å². The molecular formula is C17H31N5O6S. The number of hydrogen-bond donors (Lipinski definition) is 1. The number of carbonyl (C=O) groups excluding carboxylic acids is 1. The molecule has 0 radical (unpaired) electrons. The second kappa shape index (κ2) is 12.9. The van der Waals surface area contributed by atoms with Crippen LogP contribution < -0.4 is 5.32 Å². The summed E-state index contributed by atoms with van der Waals surface area (Å²) < 4.78 is 40.8. The van der Waals surface area contributed by atoms with E-state index in [0.29, 0.717) is 72.4 Å². The van der Waals surface area contributed by atoms with Crippen LogP contribution in [0.4, 0.5) is 0 Å². The molecule has 1 saturated heterocycles. The van der Waals surface area contributed by atoms with E-state index >= 15 is 0 Å². The second-order valence-electron chi connectivity index (χ2n) is 6.72. The van der Waals surface area contributed by atoms with Crippen molar-refractivity contribution in [2.45, 2.75) is 20.0 Å². The van der Waals surface area contributed by atoms with E-state index in [1.165, 1.54) is 6.92 Å². The van der Waals surface area contributed by atoms with Crippen LogP contribution in [-0.4, -0.2) is 105 Å². The first kappa shape index (κ1) is 23.7. The lowest BCUT2D eigenvalue weighted by molar-refractivity contribution is -0.119. The van der Waals surface area contributed by atoms with Crippen LogP contribution in [-0.2, 0) is 41.9 Å². The second-order valence-corrected chi connectivity index (χ2v) is 9.02. The van der Waals surface area contributed by atoms with Crippen LogP contribution in [0, 0.1) is 0 Å². The third-order valence-corrected chi connectivity index (χ3v) is 5.85. The van der Waals surface area contributed by atoms with Gasteiger partial charge in [0.25, 0.3) is 0 Å². The Morgan fingerprint density at radius 1 is 1.07 bits per heavy atom. The van der Waals surface area contributed by atoms with Gasteiger partial charge in [0.05, 0.1) is 63.4 Å². The molecule has 2 heterocycles.